The molecule has 0 saturated carbocycles. The Hall–Kier alpha value is -1.61. The average Bonchev–Trinajstić information content (AvgIpc) is 2.46. The third-order valence-corrected chi connectivity index (χ3v) is 4.08. The van der Waals surface area contributed by atoms with Crippen molar-refractivity contribution >= 4 is 5.91 Å². The summed E-state index contributed by atoms with van der Waals surface area (Å²) in [4.78, 5) is 11.0. The molecule has 0 aromatic heterocycles. The summed E-state index contributed by atoms with van der Waals surface area (Å²) >= 11 is 0. The van der Waals surface area contributed by atoms with Gasteiger partial charge in [-0.25, -0.2) is 0 Å². The second-order valence-corrected chi connectivity index (χ2v) is 5.52. The van der Waals surface area contributed by atoms with Crippen molar-refractivity contribution < 1.29 is 9.53 Å². The fourth-order valence-electron chi connectivity index (χ4n) is 3.21. The molecule has 0 radical (unpaired) electrons. The van der Waals surface area contributed by atoms with Gasteiger partial charge in [-0.3, -0.25) is 4.79 Å². The molecule has 3 aliphatic rings. The fraction of sp³-hybridized carbons (Fsp3) is 0.471. The Morgan fingerprint density at radius 3 is 3.25 bits per heavy atom. The number of rotatable bonds is 2. The maximum atomic E-state index is 11.0. The monoisotopic (exact) mass is 271 g/mol. The van der Waals surface area contributed by atoms with E-state index in [4.69, 9.17) is 4.74 Å². The zero-order chi connectivity index (χ0) is 13.9. The number of hydrogen-bond donors (Lipinski definition) is 1. The molecule has 3 nitrogen and oxygen atoms in total. The highest BCUT2D eigenvalue weighted by molar-refractivity contribution is 5.73. The first kappa shape index (κ1) is 13.4. The SMILES string of the molecule is CC(=O)NC/C=C1/CCCC2=C1C1=CCCOC1C=C2. The lowest BCUT2D eigenvalue weighted by molar-refractivity contribution is -0.118. The van der Waals surface area contributed by atoms with Crippen molar-refractivity contribution in [2.45, 2.75) is 38.7 Å². The van der Waals surface area contributed by atoms with Crippen LogP contribution in [0.5, 0.6) is 0 Å². The molecule has 1 heterocycles. The van der Waals surface area contributed by atoms with Gasteiger partial charge in [-0.2, -0.15) is 0 Å². The van der Waals surface area contributed by atoms with Gasteiger partial charge < -0.3 is 10.1 Å². The Labute approximate surface area is 120 Å². The third-order valence-electron chi connectivity index (χ3n) is 4.08. The van der Waals surface area contributed by atoms with E-state index >= 15 is 0 Å². The zero-order valence-electron chi connectivity index (χ0n) is 11.9. The van der Waals surface area contributed by atoms with Crippen LogP contribution in [0, 0.1) is 0 Å². The standard InChI is InChI=1S/C17H21NO2/c1-12(19)18-10-9-14-5-2-4-13-7-8-16-15(17(13)14)6-3-11-20-16/h6-9,16H,2-5,10-11H2,1H3,(H,18,19)/b14-9-. The normalized spacial score (nSPS) is 26.9. The number of carbonyl (C=O) groups is 1. The molecule has 0 spiro atoms. The van der Waals surface area contributed by atoms with Gasteiger partial charge in [-0.15, -0.1) is 0 Å². The minimum atomic E-state index is 0.0218. The molecule has 1 amide bonds. The molecular formula is C17H21NO2. The molecular weight excluding hydrogens is 250 g/mol. The lowest BCUT2D eigenvalue weighted by Crippen LogP contribution is -2.25. The van der Waals surface area contributed by atoms with E-state index in [-0.39, 0.29) is 12.0 Å². The molecule has 1 aliphatic heterocycles. The minimum absolute atomic E-state index is 0.0218. The van der Waals surface area contributed by atoms with Crippen LogP contribution in [0.4, 0.5) is 0 Å². The van der Waals surface area contributed by atoms with Crippen LogP contribution >= 0.6 is 0 Å². The number of hydrogen-bond acceptors (Lipinski definition) is 2. The number of fused-ring (bicyclic) bond motifs is 2. The Morgan fingerprint density at radius 1 is 1.50 bits per heavy atom. The van der Waals surface area contributed by atoms with Crippen molar-refractivity contribution in [2.24, 2.45) is 0 Å². The molecule has 3 rings (SSSR count). The number of allylic oxidation sites excluding steroid dienone is 3. The molecule has 0 fully saturated rings. The van der Waals surface area contributed by atoms with E-state index in [1.165, 1.54) is 28.7 Å². The Bertz CT molecular complexity index is 537. The molecule has 0 aromatic carbocycles. The zero-order valence-corrected chi connectivity index (χ0v) is 11.9. The second-order valence-electron chi connectivity index (χ2n) is 5.52. The van der Waals surface area contributed by atoms with Crippen LogP contribution in [0.3, 0.4) is 0 Å². The summed E-state index contributed by atoms with van der Waals surface area (Å²) in [6, 6.07) is 0. The van der Waals surface area contributed by atoms with Crippen LogP contribution in [0.25, 0.3) is 0 Å². The first-order valence-corrected chi connectivity index (χ1v) is 7.43. The molecule has 20 heavy (non-hydrogen) atoms. The number of ether oxygens (including phenoxy) is 1. The number of amides is 1. The third kappa shape index (κ3) is 2.63. The van der Waals surface area contributed by atoms with Crippen molar-refractivity contribution in [3.05, 3.63) is 46.6 Å². The molecule has 0 aromatic rings. The molecule has 1 N–H and O–H groups in total. The fourth-order valence-corrected chi connectivity index (χ4v) is 3.21. The second kappa shape index (κ2) is 5.80. The molecule has 1 unspecified atom stereocenters. The topological polar surface area (TPSA) is 38.3 Å². The molecule has 2 aliphatic carbocycles. The van der Waals surface area contributed by atoms with E-state index in [1.54, 1.807) is 6.92 Å². The molecule has 0 saturated heterocycles. The van der Waals surface area contributed by atoms with Crippen molar-refractivity contribution in [1.82, 2.24) is 5.32 Å². The highest BCUT2D eigenvalue weighted by Gasteiger charge is 2.28. The van der Waals surface area contributed by atoms with Crippen molar-refractivity contribution in [1.29, 1.82) is 0 Å². The van der Waals surface area contributed by atoms with Crippen LogP contribution in [0.15, 0.2) is 46.6 Å². The van der Waals surface area contributed by atoms with Gasteiger partial charge in [-0.05, 0) is 48.0 Å². The summed E-state index contributed by atoms with van der Waals surface area (Å²) < 4.78 is 5.84. The summed E-state index contributed by atoms with van der Waals surface area (Å²) in [6.07, 6.45) is 13.5. The quantitative estimate of drug-likeness (QED) is 0.838. The summed E-state index contributed by atoms with van der Waals surface area (Å²) in [5.74, 6) is 0.0218. The predicted octanol–water partition coefficient (Wildman–Crippen LogP) is 2.81. The Balaban J connectivity index is 1.90. The van der Waals surface area contributed by atoms with E-state index in [2.05, 4.69) is 29.6 Å². The van der Waals surface area contributed by atoms with Gasteiger partial charge in [-0.1, -0.05) is 24.3 Å². The van der Waals surface area contributed by atoms with Crippen molar-refractivity contribution in [3.8, 4) is 0 Å². The van der Waals surface area contributed by atoms with E-state index in [1.807, 2.05) is 0 Å². The van der Waals surface area contributed by atoms with Gasteiger partial charge in [0.25, 0.3) is 0 Å². The van der Waals surface area contributed by atoms with Gasteiger partial charge in [0.15, 0.2) is 0 Å². The van der Waals surface area contributed by atoms with Crippen LogP contribution in [0.1, 0.15) is 32.6 Å². The Kier molecular flexibility index (Phi) is 3.88. The minimum Gasteiger partial charge on any atom is -0.369 e. The summed E-state index contributed by atoms with van der Waals surface area (Å²) in [5, 5.41) is 2.85. The molecule has 106 valence electrons. The summed E-state index contributed by atoms with van der Waals surface area (Å²) in [5.41, 5.74) is 5.51. The molecule has 3 heteroatoms. The predicted molar refractivity (Wildman–Crippen MR) is 79.2 cm³/mol. The smallest absolute Gasteiger partial charge is 0.217 e. The van der Waals surface area contributed by atoms with Gasteiger partial charge in [0.05, 0.1) is 6.61 Å². The van der Waals surface area contributed by atoms with E-state index in [0.717, 1.165) is 25.9 Å². The molecule has 1 atom stereocenters. The van der Waals surface area contributed by atoms with E-state index in [0.29, 0.717) is 6.54 Å². The number of nitrogens with one attached hydrogen (secondary N) is 1. The number of carbonyl (C=O) groups excluding carboxylic acids is 1. The van der Waals surface area contributed by atoms with Crippen LogP contribution in [0.2, 0.25) is 0 Å². The van der Waals surface area contributed by atoms with Gasteiger partial charge in [0.1, 0.15) is 6.10 Å². The summed E-state index contributed by atoms with van der Waals surface area (Å²) in [7, 11) is 0. The van der Waals surface area contributed by atoms with Gasteiger partial charge in [0.2, 0.25) is 5.91 Å². The highest BCUT2D eigenvalue weighted by atomic mass is 16.5. The maximum absolute atomic E-state index is 11.0. The van der Waals surface area contributed by atoms with Gasteiger partial charge >= 0.3 is 0 Å². The van der Waals surface area contributed by atoms with Crippen molar-refractivity contribution in [3.63, 3.8) is 0 Å². The largest absolute Gasteiger partial charge is 0.369 e. The van der Waals surface area contributed by atoms with Crippen LogP contribution in [-0.4, -0.2) is 25.2 Å². The first-order chi connectivity index (χ1) is 9.75. The lowest BCUT2D eigenvalue weighted by Gasteiger charge is -2.33. The van der Waals surface area contributed by atoms with Crippen molar-refractivity contribution in [2.75, 3.05) is 13.2 Å². The van der Waals surface area contributed by atoms with Gasteiger partial charge in [0, 0.05) is 13.5 Å². The van der Waals surface area contributed by atoms with Crippen LogP contribution in [-0.2, 0) is 9.53 Å². The van der Waals surface area contributed by atoms with E-state index < -0.39 is 0 Å². The highest BCUT2D eigenvalue weighted by Crippen LogP contribution is 2.40. The average molecular weight is 271 g/mol. The maximum Gasteiger partial charge on any atom is 0.217 e. The van der Waals surface area contributed by atoms with Crippen LogP contribution < -0.4 is 5.32 Å². The first-order valence-electron chi connectivity index (χ1n) is 7.43. The summed E-state index contributed by atoms with van der Waals surface area (Å²) in [6.45, 7) is 2.98. The Morgan fingerprint density at radius 2 is 2.40 bits per heavy atom. The molecule has 0 bridgehead atoms. The lowest BCUT2D eigenvalue weighted by atomic mass is 9.77. The van der Waals surface area contributed by atoms with E-state index in [9.17, 15) is 4.79 Å².